The molecule has 0 aliphatic rings. The van der Waals surface area contributed by atoms with E-state index in [9.17, 15) is 13.6 Å². The highest BCUT2D eigenvalue weighted by Crippen LogP contribution is 2.14. The standard InChI is InChI=1S/C14H12F2O2/c1-9-4-6-12(7-5-9)14(17)18-10(2)8-13(16)11(3)15/h4-8H,2-3H2,1H3/b13-8+. The molecule has 1 aromatic rings. The number of carbonyl (C=O) groups is 1. The SMILES string of the molecule is C=C(/C=C(/F)C(=C)F)OC(=O)c1ccc(C)cc1. The van der Waals surface area contributed by atoms with Crippen molar-refractivity contribution in [1.29, 1.82) is 0 Å². The Morgan fingerprint density at radius 3 is 2.28 bits per heavy atom. The van der Waals surface area contributed by atoms with Crippen molar-refractivity contribution in [3.8, 4) is 0 Å². The molecule has 0 bridgehead atoms. The minimum absolute atomic E-state index is 0.295. The maximum atomic E-state index is 12.8. The molecule has 0 saturated heterocycles. The van der Waals surface area contributed by atoms with Crippen molar-refractivity contribution in [3.05, 3.63) is 72.0 Å². The summed E-state index contributed by atoms with van der Waals surface area (Å²) in [6.07, 6.45) is 0.661. The highest BCUT2D eigenvalue weighted by atomic mass is 19.2. The van der Waals surface area contributed by atoms with Gasteiger partial charge in [-0.2, -0.15) is 0 Å². The van der Waals surface area contributed by atoms with E-state index in [1.807, 2.05) is 6.92 Å². The third-order valence-corrected chi connectivity index (χ3v) is 2.06. The van der Waals surface area contributed by atoms with Crippen LogP contribution < -0.4 is 0 Å². The molecule has 0 radical (unpaired) electrons. The van der Waals surface area contributed by atoms with Crippen molar-refractivity contribution in [2.75, 3.05) is 0 Å². The molecule has 94 valence electrons. The van der Waals surface area contributed by atoms with Crippen LogP contribution in [0.25, 0.3) is 0 Å². The molecule has 0 saturated carbocycles. The molecule has 1 aromatic carbocycles. The van der Waals surface area contributed by atoms with Gasteiger partial charge in [0.15, 0.2) is 11.7 Å². The number of allylic oxidation sites excluding steroid dienone is 3. The van der Waals surface area contributed by atoms with Crippen molar-refractivity contribution in [2.45, 2.75) is 6.92 Å². The summed E-state index contributed by atoms with van der Waals surface area (Å²) in [6.45, 7) is 7.93. The van der Waals surface area contributed by atoms with Crippen LogP contribution in [0.5, 0.6) is 0 Å². The fraction of sp³-hybridized carbons (Fsp3) is 0.0714. The fourth-order valence-electron chi connectivity index (χ4n) is 1.12. The van der Waals surface area contributed by atoms with Gasteiger partial charge >= 0.3 is 5.97 Å². The Hall–Kier alpha value is -2.23. The molecule has 0 aromatic heterocycles. The molecule has 1 rings (SSSR count). The van der Waals surface area contributed by atoms with E-state index < -0.39 is 17.6 Å². The first-order valence-corrected chi connectivity index (χ1v) is 5.10. The van der Waals surface area contributed by atoms with E-state index in [-0.39, 0.29) is 5.76 Å². The van der Waals surface area contributed by atoms with Crippen LogP contribution in [0.15, 0.2) is 60.9 Å². The smallest absolute Gasteiger partial charge is 0.343 e. The zero-order chi connectivity index (χ0) is 13.7. The monoisotopic (exact) mass is 250 g/mol. The van der Waals surface area contributed by atoms with Crippen molar-refractivity contribution in [1.82, 2.24) is 0 Å². The van der Waals surface area contributed by atoms with E-state index in [1.54, 1.807) is 24.3 Å². The van der Waals surface area contributed by atoms with Gasteiger partial charge in [-0.05, 0) is 19.1 Å². The van der Waals surface area contributed by atoms with Crippen LogP contribution in [0.3, 0.4) is 0 Å². The van der Waals surface area contributed by atoms with Gasteiger partial charge in [-0.1, -0.05) is 30.9 Å². The largest absolute Gasteiger partial charge is 0.423 e. The minimum atomic E-state index is -1.25. The first-order chi connectivity index (χ1) is 8.40. The molecular weight excluding hydrogens is 238 g/mol. The number of benzene rings is 1. The molecule has 0 fully saturated rings. The summed E-state index contributed by atoms with van der Waals surface area (Å²) in [5.41, 5.74) is 1.29. The number of hydrogen-bond donors (Lipinski definition) is 0. The number of carbonyl (C=O) groups excluding carboxylic acids is 1. The van der Waals surface area contributed by atoms with E-state index in [0.29, 0.717) is 11.6 Å². The Morgan fingerprint density at radius 2 is 1.78 bits per heavy atom. The van der Waals surface area contributed by atoms with Crippen molar-refractivity contribution in [2.24, 2.45) is 0 Å². The second kappa shape index (κ2) is 5.91. The van der Waals surface area contributed by atoms with Crippen molar-refractivity contribution in [3.63, 3.8) is 0 Å². The third kappa shape index (κ3) is 3.97. The van der Waals surface area contributed by atoms with Crippen LogP contribution in [-0.2, 0) is 4.74 Å². The van der Waals surface area contributed by atoms with Gasteiger partial charge in [0.1, 0.15) is 5.76 Å². The molecule has 18 heavy (non-hydrogen) atoms. The van der Waals surface area contributed by atoms with Gasteiger partial charge in [0.2, 0.25) is 0 Å². The lowest BCUT2D eigenvalue weighted by molar-refractivity contribution is 0.0638. The maximum absolute atomic E-state index is 12.8. The average molecular weight is 250 g/mol. The van der Waals surface area contributed by atoms with Gasteiger partial charge in [-0.25, -0.2) is 13.6 Å². The summed E-state index contributed by atoms with van der Waals surface area (Å²) in [6, 6.07) is 6.61. The van der Waals surface area contributed by atoms with E-state index in [4.69, 9.17) is 4.74 Å². The molecule has 0 aliphatic carbocycles. The third-order valence-electron chi connectivity index (χ3n) is 2.06. The lowest BCUT2D eigenvalue weighted by Crippen LogP contribution is -2.03. The summed E-state index contributed by atoms with van der Waals surface area (Å²) in [5, 5.41) is 0. The van der Waals surface area contributed by atoms with Gasteiger partial charge < -0.3 is 4.74 Å². The Bertz CT molecular complexity index is 513. The average Bonchev–Trinajstić information content (AvgIpc) is 2.29. The van der Waals surface area contributed by atoms with Crippen LogP contribution in [0.2, 0.25) is 0 Å². The van der Waals surface area contributed by atoms with Crippen LogP contribution in [-0.4, -0.2) is 5.97 Å². The van der Waals surface area contributed by atoms with E-state index in [2.05, 4.69) is 13.2 Å². The van der Waals surface area contributed by atoms with Gasteiger partial charge in [0.05, 0.1) is 5.56 Å². The zero-order valence-electron chi connectivity index (χ0n) is 9.87. The van der Waals surface area contributed by atoms with Crippen LogP contribution in [0, 0.1) is 6.92 Å². The second-order valence-electron chi connectivity index (χ2n) is 3.62. The normalized spacial score (nSPS) is 10.9. The first kappa shape index (κ1) is 13.8. The van der Waals surface area contributed by atoms with Gasteiger partial charge in [-0.3, -0.25) is 0 Å². The molecule has 0 unspecified atom stereocenters. The highest BCUT2D eigenvalue weighted by Gasteiger charge is 2.09. The molecule has 2 nitrogen and oxygen atoms in total. The molecule has 0 atom stereocenters. The molecule has 0 heterocycles. The summed E-state index contributed by atoms with van der Waals surface area (Å²) in [4.78, 5) is 11.6. The van der Waals surface area contributed by atoms with E-state index >= 15 is 0 Å². The number of esters is 1. The van der Waals surface area contributed by atoms with Crippen LogP contribution in [0.1, 0.15) is 15.9 Å². The topological polar surface area (TPSA) is 26.3 Å². The lowest BCUT2D eigenvalue weighted by Gasteiger charge is -2.04. The Kier molecular flexibility index (Phi) is 4.54. The Balaban J connectivity index is 2.71. The fourth-order valence-corrected chi connectivity index (χ4v) is 1.12. The number of rotatable bonds is 4. The Morgan fingerprint density at radius 1 is 1.22 bits per heavy atom. The maximum Gasteiger partial charge on any atom is 0.343 e. The number of aryl methyl sites for hydroxylation is 1. The summed E-state index contributed by atoms with van der Waals surface area (Å²) in [5.74, 6) is -3.45. The highest BCUT2D eigenvalue weighted by molar-refractivity contribution is 5.90. The number of hydrogen-bond acceptors (Lipinski definition) is 2. The summed E-state index contributed by atoms with van der Waals surface area (Å²) in [7, 11) is 0. The minimum Gasteiger partial charge on any atom is -0.423 e. The van der Waals surface area contributed by atoms with Gasteiger partial charge in [-0.15, -0.1) is 0 Å². The first-order valence-electron chi connectivity index (χ1n) is 5.10. The van der Waals surface area contributed by atoms with Crippen molar-refractivity contribution < 1.29 is 18.3 Å². The second-order valence-corrected chi connectivity index (χ2v) is 3.62. The number of halogens is 2. The molecule has 0 spiro atoms. The van der Waals surface area contributed by atoms with Crippen molar-refractivity contribution >= 4 is 5.97 Å². The molecule has 0 aliphatic heterocycles. The number of ether oxygens (including phenoxy) is 1. The summed E-state index contributed by atoms with van der Waals surface area (Å²) >= 11 is 0. The van der Waals surface area contributed by atoms with Gasteiger partial charge in [0.25, 0.3) is 0 Å². The molecule has 0 amide bonds. The Labute approximate surface area is 104 Å². The van der Waals surface area contributed by atoms with E-state index in [0.717, 1.165) is 5.56 Å². The predicted molar refractivity (Wildman–Crippen MR) is 65.2 cm³/mol. The summed E-state index contributed by atoms with van der Waals surface area (Å²) < 4.78 is 29.9. The zero-order valence-corrected chi connectivity index (χ0v) is 9.87. The molecule has 0 N–H and O–H groups in total. The quantitative estimate of drug-likeness (QED) is 0.458. The predicted octanol–water partition coefficient (Wildman–Crippen LogP) is 4.00. The van der Waals surface area contributed by atoms with Gasteiger partial charge in [0, 0.05) is 6.08 Å². The van der Waals surface area contributed by atoms with E-state index in [1.165, 1.54) is 0 Å². The van der Waals surface area contributed by atoms with Crippen LogP contribution >= 0.6 is 0 Å². The van der Waals surface area contributed by atoms with Crippen LogP contribution in [0.4, 0.5) is 8.78 Å². The molecular formula is C14H12F2O2. The molecule has 4 heteroatoms. The lowest BCUT2D eigenvalue weighted by atomic mass is 10.1.